The Morgan fingerprint density at radius 2 is 1.71 bits per heavy atom. The van der Waals surface area contributed by atoms with Crippen LogP contribution in [-0.2, 0) is 25.6 Å². The van der Waals surface area contributed by atoms with Crippen molar-refractivity contribution >= 4 is 35.0 Å². The number of anilines is 2. The van der Waals surface area contributed by atoms with Gasteiger partial charge in [-0.1, -0.05) is 38.1 Å². The molecule has 0 aliphatic carbocycles. The van der Waals surface area contributed by atoms with Crippen molar-refractivity contribution in [1.82, 2.24) is 10.2 Å². The second-order valence-corrected chi connectivity index (χ2v) is 10.2. The number of ether oxygens (including phenoxy) is 1. The molecule has 9 nitrogen and oxygen atoms in total. The summed E-state index contributed by atoms with van der Waals surface area (Å²) >= 11 is 0. The van der Waals surface area contributed by atoms with Gasteiger partial charge in [0.25, 0.3) is 5.91 Å². The van der Waals surface area contributed by atoms with E-state index in [1.54, 1.807) is 21.9 Å². The lowest BCUT2D eigenvalue weighted by atomic mass is 9.96. The van der Waals surface area contributed by atoms with Gasteiger partial charge in [-0.3, -0.25) is 19.2 Å². The molecule has 0 radical (unpaired) electrons. The number of rotatable bonds is 7. The SMILES string of the molecule is CC(C)C(=O)N1CCCc2ccc(NC(=O)C(=O)NCC3CCN(C(=O)COc4ccccc4)CC3)cc21. The first kappa shape index (κ1) is 27.2. The Hall–Kier alpha value is -3.88. The van der Waals surface area contributed by atoms with E-state index in [9.17, 15) is 19.2 Å². The molecule has 2 aliphatic heterocycles. The predicted octanol–water partition coefficient (Wildman–Crippen LogP) is 2.99. The van der Waals surface area contributed by atoms with Crippen LogP contribution in [0.15, 0.2) is 48.5 Å². The number of benzene rings is 2. The maximum absolute atomic E-state index is 12.6. The number of fused-ring (bicyclic) bond motifs is 1. The molecule has 0 unspecified atom stereocenters. The summed E-state index contributed by atoms with van der Waals surface area (Å²) in [5.74, 6) is -0.741. The molecular weight excluding hydrogens is 484 g/mol. The van der Waals surface area contributed by atoms with Crippen LogP contribution < -0.4 is 20.3 Å². The molecule has 0 spiro atoms. The zero-order valence-electron chi connectivity index (χ0n) is 22.1. The van der Waals surface area contributed by atoms with Crippen LogP contribution in [0, 0.1) is 11.8 Å². The number of piperidine rings is 1. The highest BCUT2D eigenvalue weighted by Crippen LogP contribution is 2.31. The van der Waals surface area contributed by atoms with Gasteiger partial charge in [0.05, 0.1) is 0 Å². The summed E-state index contributed by atoms with van der Waals surface area (Å²) < 4.78 is 5.55. The molecule has 0 bridgehead atoms. The Bertz CT molecular complexity index is 1160. The van der Waals surface area contributed by atoms with Gasteiger partial charge in [-0.05, 0) is 61.4 Å². The van der Waals surface area contributed by atoms with E-state index in [4.69, 9.17) is 4.74 Å². The van der Waals surface area contributed by atoms with Gasteiger partial charge in [0, 0.05) is 43.5 Å². The Balaban J connectivity index is 1.21. The molecule has 2 aromatic carbocycles. The average molecular weight is 521 g/mol. The summed E-state index contributed by atoms with van der Waals surface area (Å²) in [6.45, 7) is 5.93. The number of hydrogen-bond donors (Lipinski definition) is 2. The molecule has 4 amide bonds. The van der Waals surface area contributed by atoms with Gasteiger partial charge in [-0.2, -0.15) is 0 Å². The van der Waals surface area contributed by atoms with E-state index in [1.807, 2.05) is 50.2 Å². The average Bonchev–Trinajstić information content (AvgIpc) is 2.94. The molecular formula is C29H36N4O5. The molecule has 9 heteroatoms. The van der Waals surface area contributed by atoms with E-state index >= 15 is 0 Å². The minimum Gasteiger partial charge on any atom is -0.484 e. The monoisotopic (exact) mass is 520 g/mol. The molecule has 2 N–H and O–H groups in total. The predicted molar refractivity (Wildman–Crippen MR) is 145 cm³/mol. The van der Waals surface area contributed by atoms with Crippen molar-refractivity contribution in [3.8, 4) is 5.75 Å². The summed E-state index contributed by atoms with van der Waals surface area (Å²) in [4.78, 5) is 53.6. The molecule has 38 heavy (non-hydrogen) atoms. The van der Waals surface area contributed by atoms with Crippen LogP contribution in [-0.4, -0.2) is 61.3 Å². The van der Waals surface area contributed by atoms with Crippen LogP contribution >= 0.6 is 0 Å². The summed E-state index contributed by atoms with van der Waals surface area (Å²) in [6, 6.07) is 14.7. The van der Waals surface area contributed by atoms with Gasteiger partial charge in [-0.15, -0.1) is 0 Å². The maximum Gasteiger partial charge on any atom is 0.313 e. The summed E-state index contributed by atoms with van der Waals surface area (Å²) in [5, 5.41) is 5.39. The number of likely N-dealkylation sites (tertiary alicyclic amines) is 1. The number of carbonyl (C=O) groups is 4. The first-order valence-electron chi connectivity index (χ1n) is 13.3. The van der Waals surface area contributed by atoms with Crippen LogP contribution in [0.4, 0.5) is 11.4 Å². The Kier molecular flexibility index (Phi) is 8.99. The first-order valence-corrected chi connectivity index (χ1v) is 13.3. The molecule has 202 valence electrons. The van der Waals surface area contributed by atoms with Crippen molar-refractivity contribution in [3.63, 3.8) is 0 Å². The van der Waals surface area contributed by atoms with E-state index < -0.39 is 11.8 Å². The lowest BCUT2D eigenvalue weighted by Crippen LogP contribution is -2.44. The van der Waals surface area contributed by atoms with Crippen LogP contribution in [0.1, 0.15) is 38.7 Å². The second kappa shape index (κ2) is 12.6. The number of aryl methyl sites for hydroxylation is 1. The van der Waals surface area contributed by atoms with Crippen molar-refractivity contribution in [2.75, 3.05) is 43.0 Å². The van der Waals surface area contributed by atoms with Gasteiger partial charge in [0.15, 0.2) is 6.61 Å². The van der Waals surface area contributed by atoms with Gasteiger partial charge < -0.3 is 25.2 Å². The van der Waals surface area contributed by atoms with Gasteiger partial charge in [0.1, 0.15) is 5.75 Å². The summed E-state index contributed by atoms with van der Waals surface area (Å²) in [7, 11) is 0. The number of hydrogen-bond acceptors (Lipinski definition) is 5. The standard InChI is InChI=1S/C29H36N4O5/c1-20(2)29(37)33-14-6-7-22-10-11-23(17-25(22)33)31-28(36)27(35)30-18-21-12-15-32(16-13-21)26(34)19-38-24-8-4-3-5-9-24/h3-5,8-11,17,20-21H,6-7,12-16,18-19H2,1-2H3,(H,30,35)(H,31,36). The van der Waals surface area contributed by atoms with Crippen molar-refractivity contribution in [2.24, 2.45) is 11.8 Å². The highest BCUT2D eigenvalue weighted by atomic mass is 16.5. The third-order valence-corrected chi connectivity index (χ3v) is 7.05. The number of para-hydroxylation sites is 1. The normalized spacial score (nSPS) is 15.6. The van der Waals surface area contributed by atoms with Crippen LogP contribution in [0.25, 0.3) is 0 Å². The minimum atomic E-state index is -0.742. The summed E-state index contributed by atoms with van der Waals surface area (Å²) in [5.41, 5.74) is 2.34. The van der Waals surface area contributed by atoms with Crippen molar-refractivity contribution in [1.29, 1.82) is 0 Å². The fourth-order valence-corrected chi connectivity index (χ4v) is 4.84. The molecule has 2 heterocycles. The van der Waals surface area contributed by atoms with Crippen molar-refractivity contribution in [3.05, 3.63) is 54.1 Å². The van der Waals surface area contributed by atoms with Gasteiger partial charge in [-0.25, -0.2) is 0 Å². The fourth-order valence-electron chi connectivity index (χ4n) is 4.84. The third-order valence-electron chi connectivity index (χ3n) is 7.05. The lowest BCUT2D eigenvalue weighted by molar-refractivity contribution is -0.136. The highest BCUT2D eigenvalue weighted by molar-refractivity contribution is 6.39. The second-order valence-electron chi connectivity index (χ2n) is 10.2. The maximum atomic E-state index is 12.6. The fraction of sp³-hybridized carbons (Fsp3) is 0.448. The van der Waals surface area contributed by atoms with Crippen LogP contribution in [0.2, 0.25) is 0 Å². The third kappa shape index (κ3) is 6.90. The molecule has 4 rings (SSSR count). The molecule has 1 saturated heterocycles. The topological polar surface area (TPSA) is 108 Å². The number of nitrogens with zero attached hydrogens (tertiary/aromatic N) is 2. The Morgan fingerprint density at radius 3 is 2.42 bits per heavy atom. The largest absolute Gasteiger partial charge is 0.484 e. The number of carbonyl (C=O) groups excluding carboxylic acids is 4. The lowest BCUT2D eigenvalue weighted by Gasteiger charge is -2.32. The van der Waals surface area contributed by atoms with Crippen LogP contribution in [0.3, 0.4) is 0 Å². The number of amides is 4. The molecule has 0 atom stereocenters. The minimum absolute atomic E-state index is 0.00231. The van der Waals surface area contributed by atoms with Crippen LogP contribution in [0.5, 0.6) is 5.75 Å². The Labute approximate surface area is 223 Å². The summed E-state index contributed by atoms with van der Waals surface area (Å²) in [6.07, 6.45) is 3.25. The smallest absolute Gasteiger partial charge is 0.313 e. The molecule has 0 aromatic heterocycles. The van der Waals surface area contributed by atoms with E-state index in [0.29, 0.717) is 37.6 Å². The quantitative estimate of drug-likeness (QED) is 0.546. The van der Waals surface area contributed by atoms with Gasteiger partial charge >= 0.3 is 11.8 Å². The molecule has 2 aromatic rings. The van der Waals surface area contributed by atoms with Crippen molar-refractivity contribution in [2.45, 2.75) is 39.5 Å². The molecule has 2 aliphatic rings. The molecule has 0 saturated carbocycles. The highest BCUT2D eigenvalue weighted by Gasteiger charge is 2.26. The van der Waals surface area contributed by atoms with E-state index in [1.165, 1.54) is 0 Å². The zero-order chi connectivity index (χ0) is 27.1. The zero-order valence-corrected chi connectivity index (χ0v) is 22.1. The first-order chi connectivity index (χ1) is 18.3. The molecule has 1 fully saturated rings. The van der Waals surface area contributed by atoms with E-state index in [-0.39, 0.29) is 30.3 Å². The van der Waals surface area contributed by atoms with E-state index in [2.05, 4.69) is 10.6 Å². The van der Waals surface area contributed by atoms with Gasteiger partial charge in [0.2, 0.25) is 5.91 Å². The number of nitrogens with one attached hydrogen (secondary N) is 2. The Morgan fingerprint density at radius 1 is 0.974 bits per heavy atom. The van der Waals surface area contributed by atoms with Crippen molar-refractivity contribution < 1.29 is 23.9 Å². The van der Waals surface area contributed by atoms with E-state index in [0.717, 1.165) is 36.9 Å².